The SMILES string of the molecule is CCOC(=O)Cc1ccc(OC)c(-c2ccc(-c3ccc(F)cn3)cc2CNCCC(=O)OC(C)(C)C)c1. The van der Waals surface area contributed by atoms with Crippen LogP contribution in [-0.4, -0.2) is 42.8 Å². The first-order valence-corrected chi connectivity index (χ1v) is 12.6. The number of nitrogens with one attached hydrogen (secondary N) is 1. The van der Waals surface area contributed by atoms with Crippen molar-refractivity contribution in [1.29, 1.82) is 0 Å². The van der Waals surface area contributed by atoms with Crippen molar-refractivity contribution in [3.05, 3.63) is 71.7 Å². The summed E-state index contributed by atoms with van der Waals surface area (Å²) in [4.78, 5) is 28.4. The fourth-order valence-electron chi connectivity index (χ4n) is 3.97. The van der Waals surface area contributed by atoms with Crippen molar-refractivity contribution in [3.8, 4) is 28.1 Å². The molecule has 38 heavy (non-hydrogen) atoms. The molecular weight excluding hydrogens is 487 g/mol. The molecule has 7 nitrogen and oxygen atoms in total. The number of halogens is 1. The van der Waals surface area contributed by atoms with Gasteiger partial charge < -0.3 is 19.5 Å². The van der Waals surface area contributed by atoms with Gasteiger partial charge >= 0.3 is 11.9 Å². The summed E-state index contributed by atoms with van der Waals surface area (Å²) >= 11 is 0. The number of ether oxygens (including phenoxy) is 3. The molecule has 0 spiro atoms. The van der Waals surface area contributed by atoms with Crippen LogP contribution in [0.4, 0.5) is 4.39 Å². The van der Waals surface area contributed by atoms with Crippen LogP contribution in [0.25, 0.3) is 22.4 Å². The van der Waals surface area contributed by atoms with E-state index in [4.69, 9.17) is 14.2 Å². The van der Waals surface area contributed by atoms with E-state index >= 15 is 0 Å². The highest BCUT2D eigenvalue weighted by molar-refractivity contribution is 5.79. The Hall–Kier alpha value is -3.78. The molecule has 0 radical (unpaired) electrons. The van der Waals surface area contributed by atoms with Gasteiger partial charge in [0.15, 0.2) is 0 Å². The summed E-state index contributed by atoms with van der Waals surface area (Å²) in [7, 11) is 1.60. The lowest BCUT2D eigenvalue weighted by Gasteiger charge is -2.19. The monoisotopic (exact) mass is 522 g/mol. The number of hydrogen-bond donors (Lipinski definition) is 1. The molecule has 0 atom stereocenters. The number of aromatic nitrogens is 1. The molecule has 0 aliphatic rings. The second-order valence-electron chi connectivity index (χ2n) is 9.76. The molecule has 0 saturated carbocycles. The number of pyridine rings is 1. The van der Waals surface area contributed by atoms with Crippen molar-refractivity contribution in [3.63, 3.8) is 0 Å². The molecule has 1 heterocycles. The summed E-state index contributed by atoms with van der Waals surface area (Å²) in [6.07, 6.45) is 1.56. The van der Waals surface area contributed by atoms with Gasteiger partial charge in [-0.25, -0.2) is 4.39 Å². The van der Waals surface area contributed by atoms with Gasteiger partial charge in [-0.15, -0.1) is 0 Å². The third kappa shape index (κ3) is 8.38. The lowest BCUT2D eigenvalue weighted by Crippen LogP contribution is -2.26. The predicted octanol–water partition coefficient (Wildman–Crippen LogP) is 5.49. The first-order valence-electron chi connectivity index (χ1n) is 12.6. The molecule has 2 aromatic carbocycles. The molecule has 8 heteroatoms. The minimum absolute atomic E-state index is 0.145. The fourth-order valence-corrected chi connectivity index (χ4v) is 3.97. The summed E-state index contributed by atoms with van der Waals surface area (Å²) in [5.41, 5.74) is 4.35. The highest BCUT2D eigenvalue weighted by Crippen LogP contribution is 2.35. The molecule has 3 aromatic rings. The summed E-state index contributed by atoms with van der Waals surface area (Å²) in [6.45, 7) is 8.47. The Kier molecular flexibility index (Phi) is 9.96. The van der Waals surface area contributed by atoms with Gasteiger partial charge in [-0.1, -0.05) is 18.2 Å². The van der Waals surface area contributed by atoms with Crippen molar-refractivity contribution in [2.24, 2.45) is 0 Å². The zero-order valence-electron chi connectivity index (χ0n) is 22.6. The number of carbonyl (C=O) groups excluding carboxylic acids is 2. The standard InChI is InChI=1S/C30H35FN2O5/c1-6-37-29(35)16-20-7-12-27(36-5)25(15-20)24-10-8-21(26-11-9-23(31)19-33-26)17-22(24)18-32-14-13-28(34)38-30(2,3)4/h7-12,15,17,19,32H,6,13-14,16,18H2,1-5H3. The first kappa shape index (κ1) is 28.8. The molecule has 0 amide bonds. The predicted molar refractivity (Wildman–Crippen MR) is 144 cm³/mol. The molecule has 0 unspecified atom stereocenters. The van der Waals surface area contributed by atoms with E-state index in [0.29, 0.717) is 31.1 Å². The number of esters is 2. The molecule has 0 aliphatic carbocycles. The summed E-state index contributed by atoms with van der Waals surface area (Å²) in [5, 5.41) is 3.32. The molecule has 1 N–H and O–H groups in total. The van der Waals surface area contributed by atoms with Crippen LogP contribution in [0, 0.1) is 5.82 Å². The summed E-state index contributed by atoms with van der Waals surface area (Å²) < 4.78 is 29.6. The van der Waals surface area contributed by atoms with E-state index in [2.05, 4.69) is 10.3 Å². The van der Waals surface area contributed by atoms with Crippen LogP contribution in [-0.2, 0) is 32.0 Å². The zero-order valence-corrected chi connectivity index (χ0v) is 22.6. The zero-order chi connectivity index (χ0) is 27.7. The maximum absolute atomic E-state index is 13.4. The second-order valence-corrected chi connectivity index (χ2v) is 9.76. The Morgan fingerprint density at radius 3 is 2.45 bits per heavy atom. The number of rotatable bonds is 11. The van der Waals surface area contributed by atoms with Gasteiger partial charge in [0.1, 0.15) is 17.2 Å². The van der Waals surface area contributed by atoms with E-state index in [9.17, 15) is 14.0 Å². The summed E-state index contributed by atoms with van der Waals surface area (Å²) in [5.74, 6) is -0.328. The normalized spacial score (nSPS) is 11.2. The van der Waals surface area contributed by atoms with Crippen LogP contribution in [0.2, 0.25) is 0 Å². The minimum Gasteiger partial charge on any atom is -0.496 e. The highest BCUT2D eigenvalue weighted by atomic mass is 19.1. The van der Waals surface area contributed by atoms with E-state index in [1.165, 1.54) is 12.3 Å². The van der Waals surface area contributed by atoms with Gasteiger partial charge in [-0.3, -0.25) is 14.6 Å². The Labute approximate surface area is 223 Å². The van der Waals surface area contributed by atoms with E-state index in [0.717, 1.165) is 27.8 Å². The van der Waals surface area contributed by atoms with Crippen molar-refractivity contribution in [1.82, 2.24) is 10.3 Å². The number of benzene rings is 2. The first-order chi connectivity index (χ1) is 18.1. The summed E-state index contributed by atoms with van der Waals surface area (Å²) in [6, 6.07) is 14.4. The molecule has 3 rings (SSSR count). The van der Waals surface area contributed by atoms with Gasteiger partial charge in [0, 0.05) is 24.2 Å². The van der Waals surface area contributed by atoms with Crippen LogP contribution in [0.5, 0.6) is 5.75 Å². The van der Waals surface area contributed by atoms with Crippen LogP contribution < -0.4 is 10.1 Å². The molecule has 0 saturated heterocycles. The smallest absolute Gasteiger partial charge is 0.310 e. The van der Waals surface area contributed by atoms with Gasteiger partial charge in [0.25, 0.3) is 0 Å². The lowest BCUT2D eigenvalue weighted by atomic mass is 9.94. The van der Waals surface area contributed by atoms with Crippen molar-refractivity contribution >= 4 is 11.9 Å². The quantitative estimate of drug-likeness (QED) is 0.263. The van der Waals surface area contributed by atoms with Gasteiger partial charge in [0.2, 0.25) is 0 Å². The Morgan fingerprint density at radius 1 is 1.00 bits per heavy atom. The van der Waals surface area contributed by atoms with Crippen molar-refractivity contribution in [2.45, 2.75) is 52.7 Å². The maximum Gasteiger partial charge on any atom is 0.310 e. The van der Waals surface area contributed by atoms with Gasteiger partial charge in [-0.2, -0.15) is 0 Å². The Balaban J connectivity index is 1.93. The number of methoxy groups -OCH3 is 1. The number of nitrogens with zero attached hydrogens (tertiary/aromatic N) is 1. The third-order valence-corrected chi connectivity index (χ3v) is 5.58. The van der Waals surface area contributed by atoms with Crippen LogP contribution in [0.15, 0.2) is 54.7 Å². The maximum atomic E-state index is 13.4. The molecule has 0 aliphatic heterocycles. The molecule has 0 fully saturated rings. The van der Waals surface area contributed by atoms with Crippen LogP contribution in [0.3, 0.4) is 0 Å². The van der Waals surface area contributed by atoms with E-state index in [1.807, 2.05) is 57.2 Å². The fraction of sp³-hybridized carbons (Fsp3) is 0.367. The van der Waals surface area contributed by atoms with Gasteiger partial charge in [0.05, 0.1) is 38.4 Å². The Bertz CT molecular complexity index is 1250. The van der Waals surface area contributed by atoms with E-state index in [-0.39, 0.29) is 24.8 Å². The average Bonchev–Trinajstić information content (AvgIpc) is 2.86. The average molecular weight is 523 g/mol. The highest BCUT2D eigenvalue weighted by Gasteiger charge is 2.17. The topological polar surface area (TPSA) is 86.8 Å². The third-order valence-electron chi connectivity index (χ3n) is 5.58. The molecule has 202 valence electrons. The Morgan fingerprint density at radius 2 is 1.79 bits per heavy atom. The minimum atomic E-state index is -0.536. The van der Waals surface area contributed by atoms with E-state index in [1.54, 1.807) is 20.1 Å². The van der Waals surface area contributed by atoms with E-state index < -0.39 is 11.4 Å². The van der Waals surface area contributed by atoms with Crippen LogP contribution >= 0.6 is 0 Å². The van der Waals surface area contributed by atoms with Crippen LogP contribution in [0.1, 0.15) is 45.2 Å². The second kappa shape index (κ2) is 13.1. The molecular formula is C30H35FN2O5. The number of hydrogen-bond acceptors (Lipinski definition) is 7. The molecule has 0 bridgehead atoms. The molecule has 1 aromatic heterocycles. The van der Waals surface area contributed by atoms with Crippen molar-refractivity contribution < 1.29 is 28.2 Å². The van der Waals surface area contributed by atoms with Gasteiger partial charge in [-0.05, 0) is 74.7 Å². The largest absolute Gasteiger partial charge is 0.496 e. The number of carbonyl (C=O) groups is 2. The lowest BCUT2D eigenvalue weighted by molar-refractivity contribution is -0.154. The van der Waals surface area contributed by atoms with Crippen molar-refractivity contribution in [2.75, 3.05) is 20.3 Å².